The monoisotopic (exact) mass is 368 g/mol. The van der Waals surface area contributed by atoms with Crippen molar-refractivity contribution in [2.24, 2.45) is 0 Å². The summed E-state index contributed by atoms with van der Waals surface area (Å²) >= 11 is 6.44. The Kier molecular flexibility index (Phi) is 5.72. The fourth-order valence-electron chi connectivity index (χ4n) is 1.41. The van der Waals surface area contributed by atoms with Gasteiger partial charge in [-0.15, -0.1) is 0 Å². The molecule has 0 aromatic heterocycles. The van der Waals surface area contributed by atoms with Gasteiger partial charge in [-0.05, 0) is 28.1 Å². The predicted molar refractivity (Wildman–Crippen MR) is 72.0 cm³/mol. The van der Waals surface area contributed by atoms with E-state index < -0.39 is 12.2 Å². The number of alkyl halides is 1. The summed E-state index contributed by atoms with van der Waals surface area (Å²) in [5.74, 6) is 1.06. The van der Waals surface area contributed by atoms with Crippen molar-refractivity contribution in [1.82, 2.24) is 0 Å². The molecule has 96 valence electrons. The maximum atomic E-state index is 9.98. The fraction of sp³-hybridized carbons (Fsp3) is 0.455. The third-order valence-corrected chi connectivity index (χ3v) is 3.63. The lowest BCUT2D eigenvalue weighted by atomic mass is 10.0. The molecule has 2 atom stereocenters. The van der Waals surface area contributed by atoms with Gasteiger partial charge in [0.05, 0.1) is 24.8 Å². The van der Waals surface area contributed by atoms with Crippen LogP contribution in [0.25, 0.3) is 0 Å². The second-order valence-electron chi connectivity index (χ2n) is 3.40. The van der Waals surface area contributed by atoms with Crippen LogP contribution in [-0.2, 0) is 0 Å². The molecule has 0 bridgehead atoms. The molecule has 0 heterocycles. The van der Waals surface area contributed by atoms with Crippen molar-refractivity contribution in [3.05, 3.63) is 22.2 Å². The topological polar surface area (TPSA) is 58.9 Å². The van der Waals surface area contributed by atoms with E-state index in [0.717, 1.165) is 4.47 Å². The maximum absolute atomic E-state index is 9.98. The van der Waals surface area contributed by atoms with Crippen LogP contribution in [0.2, 0.25) is 0 Å². The van der Waals surface area contributed by atoms with Crippen molar-refractivity contribution >= 4 is 31.9 Å². The highest BCUT2D eigenvalue weighted by Gasteiger charge is 2.22. The van der Waals surface area contributed by atoms with Gasteiger partial charge in [-0.2, -0.15) is 0 Å². The lowest BCUT2D eigenvalue weighted by Crippen LogP contribution is -2.20. The van der Waals surface area contributed by atoms with Gasteiger partial charge in [0, 0.05) is 10.9 Å². The number of aliphatic hydroxyl groups excluding tert-OH is 2. The number of benzene rings is 1. The highest BCUT2D eigenvalue weighted by atomic mass is 79.9. The molecule has 1 rings (SSSR count). The molecule has 1 aromatic rings. The lowest BCUT2D eigenvalue weighted by Gasteiger charge is -2.20. The van der Waals surface area contributed by atoms with Crippen LogP contribution in [0.15, 0.2) is 16.6 Å². The molecule has 6 heteroatoms. The van der Waals surface area contributed by atoms with Crippen molar-refractivity contribution in [2.45, 2.75) is 12.2 Å². The van der Waals surface area contributed by atoms with Gasteiger partial charge in [0.25, 0.3) is 0 Å². The number of halogens is 2. The van der Waals surface area contributed by atoms with Gasteiger partial charge >= 0.3 is 0 Å². The first kappa shape index (κ1) is 14.8. The molecular formula is C11H14Br2O4. The van der Waals surface area contributed by atoms with Crippen molar-refractivity contribution < 1.29 is 19.7 Å². The molecular weight excluding hydrogens is 356 g/mol. The van der Waals surface area contributed by atoms with E-state index in [9.17, 15) is 10.2 Å². The second-order valence-corrected chi connectivity index (χ2v) is 4.90. The van der Waals surface area contributed by atoms with E-state index in [2.05, 4.69) is 31.9 Å². The molecule has 17 heavy (non-hydrogen) atoms. The van der Waals surface area contributed by atoms with Crippen molar-refractivity contribution in [3.8, 4) is 11.5 Å². The van der Waals surface area contributed by atoms with Gasteiger partial charge in [0.1, 0.15) is 17.6 Å². The Bertz CT molecular complexity index is 384. The van der Waals surface area contributed by atoms with E-state index in [1.165, 1.54) is 14.2 Å². The van der Waals surface area contributed by atoms with Crippen molar-refractivity contribution in [3.63, 3.8) is 0 Å². The molecule has 0 amide bonds. The minimum Gasteiger partial charge on any atom is -0.496 e. The Morgan fingerprint density at radius 2 is 1.76 bits per heavy atom. The summed E-state index contributed by atoms with van der Waals surface area (Å²) in [4.78, 5) is 0. The van der Waals surface area contributed by atoms with Crippen molar-refractivity contribution in [1.29, 1.82) is 0 Å². The molecule has 0 fully saturated rings. The Morgan fingerprint density at radius 1 is 1.18 bits per heavy atom. The molecule has 2 N–H and O–H groups in total. The highest BCUT2D eigenvalue weighted by Crippen LogP contribution is 2.36. The Balaban J connectivity index is 3.20. The number of ether oxygens (including phenoxy) is 2. The molecule has 0 aliphatic carbocycles. The minimum absolute atomic E-state index is 0.274. The third kappa shape index (κ3) is 3.34. The molecule has 0 saturated heterocycles. The van der Waals surface area contributed by atoms with Crippen LogP contribution in [0, 0.1) is 0 Å². The quantitative estimate of drug-likeness (QED) is 0.781. The summed E-state index contributed by atoms with van der Waals surface area (Å²) in [6, 6.07) is 3.33. The highest BCUT2D eigenvalue weighted by molar-refractivity contribution is 9.10. The SMILES string of the molecule is COc1cc(C(O)C(O)CBr)c(OC)cc1Br. The van der Waals surface area contributed by atoms with E-state index in [1.54, 1.807) is 12.1 Å². The van der Waals surface area contributed by atoms with Crippen LogP contribution in [0.1, 0.15) is 11.7 Å². The second kappa shape index (κ2) is 6.58. The van der Waals surface area contributed by atoms with Gasteiger partial charge in [0.15, 0.2) is 0 Å². The average Bonchev–Trinajstić information content (AvgIpc) is 2.36. The zero-order valence-electron chi connectivity index (χ0n) is 9.48. The fourth-order valence-corrected chi connectivity index (χ4v) is 2.25. The van der Waals surface area contributed by atoms with Crippen molar-refractivity contribution in [2.75, 3.05) is 19.5 Å². The summed E-state index contributed by atoms with van der Waals surface area (Å²) in [6.07, 6.45) is -1.94. The maximum Gasteiger partial charge on any atom is 0.133 e. The number of rotatable bonds is 5. The first-order valence-corrected chi connectivity index (χ1v) is 6.80. The molecule has 4 nitrogen and oxygen atoms in total. The third-order valence-electron chi connectivity index (χ3n) is 2.35. The van der Waals surface area contributed by atoms with Gasteiger partial charge < -0.3 is 19.7 Å². The molecule has 2 unspecified atom stereocenters. The molecule has 0 aliphatic rings. The van der Waals surface area contributed by atoms with Gasteiger partial charge in [0.2, 0.25) is 0 Å². The first-order chi connectivity index (χ1) is 8.04. The number of hydrogen-bond donors (Lipinski definition) is 2. The van der Waals surface area contributed by atoms with Crippen LogP contribution in [0.5, 0.6) is 11.5 Å². The van der Waals surface area contributed by atoms with E-state index in [-0.39, 0.29) is 5.33 Å². The zero-order valence-corrected chi connectivity index (χ0v) is 12.7. The lowest BCUT2D eigenvalue weighted by molar-refractivity contribution is 0.0326. The summed E-state index contributed by atoms with van der Waals surface area (Å²) < 4.78 is 11.0. The molecule has 1 aromatic carbocycles. The largest absolute Gasteiger partial charge is 0.496 e. The first-order valence-electron chi connectivity index (χ1n) is 4.88. The van der Waals surface area contributed by atoms with Crippen LogP contribution in [0.4, 0.5) is 0 Å². The van der Waals surface area contributed by atoms with Gasteiger partial charge in [-0.1, -0.05) is 15.9 Å². The molecule has 0 spiro atoms. The molecule has 0 radical (unpaired) electrons. The van der Waals surface area contributed by atoms with E-state index in [1.807, 2.05) is 0 Å². The Hall–Kier alpha value is -0.300. The van der Waals surface area contributed by atoms with Gasteiger partial charge in [-0.25, -0.2) is 0 Å². The number of aliphatic hydroxyl groups is 2. The summed E-state index contributed by atoms with van der Waals surface area (Å²) in [6.45, 7) is 0. The normalized spacial score (nSPS) is 14.2. The summed E-state index contributed by atoms with van der Waals surface area (Å²) in [5, 5.41) is 19.9. The standard InChI is InChI=1S/C11H14Br2O4/c1-16-9-4-7(13)10(17-2)3-6(9)11(15)8(14)5-12/h3-4,8,11,14-15H,5H2,1-2H3. The van der Waals surface area contributed by atoms with Crippen LogP contribution >= 0.6 is 31.9 Å². The van der Waals surface area contributed by atoms with Crippen LogP contribution < -0.4 is 9.47 Å². The Morgan fingerprint density at radius 3 is 2.24 bits per heavy atom. The predicted octanol–water partition coefficient (Wildman–Crippen LogP) is 2.26. The average molecular weight is 370 g/mol. The summed E-state index contributed by atoms with van der Waals surface area (Å²) in [7, 11) is 3.04. The molecule has 0 saturated carbocycles. The van der Waals surface area contributed by atoms with E-state index >= 15 is 0 Å². The molecule has 0 aliphatic heterocycles. The number of hydrogen-bond acceptors (Lipinski definition) is 4. The minimum atomic E-state index is -1.04. The van der Waals surface area contributed by atoms with E-state index in [4.69, 9.17) is 9.47 Å². The number of methoxy groups -OCH3 is 2. The van der Waals surface area contributed by atoms with Crippen LogP contribution in [0.3, 0.4) is 0 Å². The summed E-state index contributed by atoms with van der Waals surface area (Å²) in [5.41, 5.74) is 0.486. The van der Waals surface area contributed by atoms with E-state index in [0.29, 0.717) is 17.1 Å². The zero-order chi connectivity index (χ0) is 13.0. The van der Waals surface area contributed by atoms with Crippen LogP contribution in [-0.4, -0.2) is 35.9 Å². The smallest absolute Gasteiger partial charge is 0.133 e. The van der Waals surface area contributed by atoms with Gasteiger partial charge in [-0.3, -0.25) is 0 Å². The Labute approximate surface area is 117 Å².